The van der Waals surface area contributed by atoms with Crippen molar-refractivity contribution in [2.45, 2.75) is 24.9 Å². The number of thioether (sulfide) groups is 1. The number of nitrogens with two attached hydrogens (primary N) is 1. The van der Waals surface area contributed by atoms with Crippen molar-refractivity contribution >= 4 is 29.2 Å². The van der Waals surface area contributed by atoms with Crippen molar-refractivity contribution in [1.29, 1.82) is 0 Å². The van der Waals surface area contributed by atoms with Crippen LogP contribution in [0.5, 0.6) is 0 Å². The number of likely N-dealkylation sites (N-methyl/N-ethyl adjacent to an activating group) is 2. The van der Waals surface area contributed by atoms with Gasteiger partial charge in [-0.05, 0) is 43.5 Å². The van der Waals surface area contributed by atoms with Crippen molar-refractivity contribution in [3.05, 3.63) is 86.6 Å². The maximum Gasteiger partial charge on any atom is 0.330 e. The van der Waals surface area contributed by atoms with E-state index in [1.807, 2.05) is 72.8 Å². The van der Waals surface area contributed by atoms with Gasteiger partial charge in [-0.15, -0.1) is 11.8 Å². The van der Waals surface area contributed by atoms with Crippen LogP contribution in [0.15, 0.2) is 69.1 Å². The van der Waals surface area contributed by atoms with Crippen LogP contribution in [0, 0.1) is 0 Å². The van der Waals surface area contributed by atoms with Crippen molar-refractivity contribution in [3.8, 4) is 0 Å². The Bertz CT molecular complexity index is 1210. The smallest absolute Gasteiger partial charge is 0.330 e. The predicted octanol–water partition coefficient (Wildman–Crippen LogP) is 2.37. The molecule has 3 aromatic rings. The highest BCUT2D eigenvalue weighted by Gasteiger charge is 2.24. The molecule has 0 aliphatic heterocycles. The number of hydrogen-bond acceptors (Lipinski definition) is 6. The van der Waals surface area contributed by atoms with E-state index in [0.29, 0.717) is 6.54 Å². The summed E-state index contributed by atoms with van der Waals surface area (Å²) < 4.78 is 1.28. The highest BCUT2D eigenvalue weighted by atomic mass is 32.2. The SMILES string of the molecule is CCN(C(=O)CN(C)Cc1ccc(SC)cc1)c1c(N)n(Cc2ccccc2)c(=O)[nH]c1=O. The van der Waals surface area contributed by atoms with Crippen LogP contribution in [-0.4, -0.2) is 46.8 Å². The summed E-state index contributed by atoms with van der Waals surface area (Å²) in [4.78, 5) is 44.9. The molecule has 0 aliphatic carbocycles. The lowest BCUT2D eigenvalue weighted by molar-refractivity contribution is -0.119. The number of aromatic amines is 1. The summed E-state index contributed by atoms with van der Waals surface area (Å²) in [6, 6.07) is 17.5. The molecule has 8 nitrogen and oxygen atoms in total. The third kappa shape index (κ3) is 5.94. The van der Waals surface area contributed by atoms with E-state index in [1.54, 1.807) is 18.7 Å². The van der Waals surface area contributed by atoms with Gasteiger partial charge in [0.05, 0.1) is 13.1 Å². The first-order valence-electron chi connectivity index (χ1n) is 10.6. The first-order valence-corrected chi connectivity index (χ1v) is 11.8. The van der Waals surface area contributed by atoms with E-state index >= 15 is 0 Å². The lowest BCUT2D eigenvalue weighted by Gasteiger charge is -2.25. The predicted molar refractivity (Wildman–Crippen MR) is 134 cm³/mol. The summed E-state index contributed by atoms with van der Waals surface area (Å²) in [7, 11) is 1.85. The molecule has 174 valence electrons. The van der Waals surface area contributed by atoms with Crippen molar-refractivity contribution < 1.29 is 4.79 Å². The highest BCUT2D eigenvalue weighted by molar-refractivity contribution is 7.98. The summed E-state index contributed by atoms with van der Waals surface area (Å²) >= 11 is 1.67. The van der Waals surface area contributed by atoms with Gasteiger partial charge in [0.2, 0.25) is 5.91 Å². The van der Waals surface area contributed by atoms with E-state index < -0.39 is 11.2 Å². The minimum Gasteiger partial charge on any atom is -0.383 e. The van der Waals surface area contributed by atoms with E-state index in [1.165, 1.54) is 14.4 Å². The summed E-state index contributed by atoms with van der Waals surface area (Å²) in [6.07, 6.45) is 2.02. The Balaban J connectivity index is 1.82. The molecule has 0 saturated carbocycles. The number of hydrogen-bond donors (Lipinski definition) is 2. The second kappa shape index (κ2) is 11.0. The van der Waals surface area contributed by atoms with Gasteiger partial charge in [-0.2, -0.15) is 0 Å². The van der Waals surface area contributed by atoms with E-state index in [9.17, 15) is 14.4 Å². The Morgan fingerprint density at radius 3 is 2.33 bits per heavy atom. The molecule has 0 spiro atoms. The van der Waals surface area contributed by atoms with Crippen LogP contribution in [0.3, 0.4) is 0 Å². The molecular formula is C24H29N5O3S. The number of nitrogens with zero attached hydrogens (tertiary/aromatic N) is 3. The normalized spacial score (nSPS) is 11.0. The molecule has 0 fully saturated rings. The van der Waals surface area contributed by atoms with E-state index in [4.69, 9.17) is 5.73 Å². The Kier molecular flexibility index (Phi) is 8.13. The van der Waals surface area contributed by atoms with E-state index in [2.05, 4.69) is 4.98 Å². The number of nitrogens with one attached hydrogen (secondary N) is 1. The summed E-state index contributed by atoms with van der Waals surface area (Å²) in [5.74, 6) is -0.305. The molecule has 1 aromatic heterocycles. The Hall–Kier alpha value is -3.30. The molecule has 0 saturated heterocycles. The van der Waals surface area contributed by atoms with Crippen LogP contribution in [-0.2, 0) is 17.9 Å². The third-order valence-electron chi connectivity index (χ3n) is 5.30. The fraction of sp³-hybridized carbons (Fsp3) is 0.292. The standard InChI is InChI=1S/C24H29N5O3S/c1-4-28(20(30)16-27(2)14-18-10-12-19(33-3)13-11-18)21-22(25)29(24(32)26-23(21)31)15-17-8-6-5-7-9-17/h5-13H,4,14-16,25H2,1-3H3,(H,26,31,32). The summed E-state index contributed by atoms with van der Waals surface area (Å²) in [5, 5.41) is 0. The number of aromatic nitrogens is 2. The highest BCUT2D eigenvalue weighted by Crippen LogP contribution is 2.19. The number of H-pyrrole nitrogens is 1. The van der Waals surface area contributed by atoms with Crippen molar-refractivity contribution in [2.75, 3.05) is 37.0 Å². The van der Waals surface area contributed by atoms with Crippen LogP contribution in [0.4, 0.5) is 11.5 Å². The van der Waals surface area contributed by atoms with Gasteiger partial charge in [-0.1, -0.05) is 42.5 Å². The zero-order valence-electron chi connectivity index (χ0n) is 19.1. The topological polar surface area (TPSA) is 104 Å². The minimum atomic E-state index is -0.674. The molecular weight excluding hydrogens is 438 g/mol. The largest absolute Gasteiger partial charge is 0.383 e. The molecule has 3 N–H and O–H groups in total. The number of amides is 1. The van der Waals surface area contributed by atoms with Gasteiger partial charge in [-0.3, -0.25) is 24.0 Å². The lowest BCUT2D eigenvalue weighted by atomic mass is 10.2. The molecule has 0 radical (unpaired) electrons. The molecule has 1 amide bonds. The van der Waals surface area contributed by atoms with Gasteiger partial charge in [0, 0.05) is 18.0 Å². The van der Waals surface area contributed by atoms with Crippen molar-refractivity contribution in [2.24, 2.45) is 0 Å². The van der Waals surface area contributed by atoms with Gasteiger partial charge < -0.3 is 10.6 Å². The van der Waals surface area contributed by atoms with Crippen LogP contribution in [0.1, 0.15) is 18.1 Å². The molecule has 0 aliphatic rings. The lowest BCUT2D eigenvalue weighted by Crippen LogP contribution is -2.44. The third-order valence-corrected chi connectivity index (χ3v) is 6.05. The van der Waals surface area contributed by atoms with Gasteiger partial charge in [0.15, 0.2) is 5.69 Å². The Labute approximate surface area is 197 Å². The average Bonchev–Trinajstić information content (AvgIpc) is 2.80. The first-order chi connectivity index (χ1) is 15.8. The Morgan fingerprint density at radius 2 is 1.73 bits per heavy atom. The van der Waals surface area contributed by atoms with Crippen molar-refractivity contribution in [3.63, 3.8) is 0 Å². The van der Waals surface area contributed by atoms with E-state index in [-0.39, 0.29) is 37.0 Å². The number of rotatable bonds is 9. The molecule has 33 heavy (non-hydrogen) atoms. The number of nitrogen functional groups attached to an aromatic ring is 1. The quantitative estimate of drug-likeness (QED) is 0.468. The fourth-order valence-corrected chi connectivity index (χ4v) is 4.04. The van der Waals surface area contributed by atoms with Crippen LogP contribution < -0.4 is 21.9 Å². The maximum absolute atomic E-state index is 13.1. The monoisotopic (exact) mass is 467 g/mol. The zero-order chi connectivity index (χ0) is 24.0. The molecule has 0 unspecified atom stereocenters. The second-order valence-corrected chi connectivity index (χ2v) is 8.60. The average molecular weight is 468 g/mol. The first kappa shape index (κ1) is 24.3. The molecule has 2 aromatic carbocycles. The molecule has 9 heteroatoms. The van der Waals surface area contributed by atoms with Gasteiger partial charge in [0.1, 0.15) is 5.82 Å². The minimum absolute atomic E-state index is 0.00393. The van der Waals surface area contributed by atoms with Crippen LogP contribution in [0.2, 0.25) is 0 Å². The Morgan fingerprint density at radius 1 is 1.06 bits per heavy atom. The van der Waals surface area contributed by atoms with E-state index in [0.717, 1.165) is 11.1 Å². The van der Waals surface area contributed by atoms with Gasteiger partial charge in [0.25, 0.3) is 5.56 Å². The molecule has 0 atom stereocenters. The number of anilines is 2. The molecule has 3 rings (SSSR count). The summed E-state index contributed by atoms with van der Waals surface area (Å²) in [5.41, 5.74) is 6.91. The maximum atomic E-state index is 13.1. The number of carbonyl (C=O) groups excluding carboxylic acids is 1. The van der Waals surface area contributed by atoms with Crippen LogP contribution in [0.25, 0.3) is 0 Å². The molecule has 0 bridgehead atoms. The second-order valence-electron chi connectivity index (χ2n) is 7.72. The zero-order valence-corrected chi connectivity index (χ0v) is 19.9. The van der Waals surface area contributed by atoms with Gasteiger partial charge in [-0.25, -0.2) is 4.79 Å². The van der Waals surface area contributed by atoms with Crippen LogP contribution >= 0.6 is 11.8 Å². The van der Waals surface area contributed by atoms with Gasteiger partial charge >= 0.3 is 5.69 Å². The fourth-order valence-electron chi connectivity index (χ4n) is 3.64. The van der Waals surface area contributed by atoms with Crippen molar-refractivity contribution in [1.82, 2.24) is 14.5 Å². The number of carbonyl (C=O) groups is 1. The molecule has 1 heterocycles. The summed E-state index contributed by atoms with van der Waals surface area (Å²) in [6.45, 7) is 2.87. The number of benzene rings is 2.